The van der Waals surface area contributed by atoms with E-state index in [2.05, 4.69) is 18.7 Å². The Morgan fingerprint density at radius 1 is 1.07 bits per heavy atom. The lowest BCUT2D eigenvalue weighted by atomic mass is 10.0. The summed E-state index contributed by atoms with van der Waals surface area (Å²) in [5, 5.41) is 10.8. The van der Waals surface area contributed by atoms with Gasteiger partial charge in [-0.1, -0.05) is 37.0 Å². The normalized spacial score (nSPS) is 16.1. The zero-order valence-corrected chi connectivity index (χ0v) is 18.0. The highest BCUT2D eigenvalue weighted by Crippen LogP contribution is 2.23. The van der Waals surface area contributed by atoms with Crippen LogP contribution in [0.5, 0.6) is 0 Å². The van der Waals surface area contributed by atoms with Crippen LogP contribution in [0.4, 0.5) is 0 Å². The molecule has 1 aliphatic rings. The second kappa shape index (κ2) is 11.2. The van der Waals surface area contributed by atoms with Crippen molar-refractivity contribution >= 4 is 47.3 Å². The predicted molar refractivity (Wildman–Crippen MR) is 111 cm³/mol. The monoisotopic (exact) mass is 436 g/mol. The van der Waals surface area contributed by atoms with Crippen molar-refractivity contribution in [3.63, 3.8) is 0 Å². The number of carbonyl (C=O) groups excluding carboxylic acids is 2. The molecule has 1 heterocycles. The summed E-state index contributed by atoms with van der Waals surface area (Å²) in [5.74, 6) is -0.720. The maximum absolute atomic E-state index is 12.5. The van der Waals surface area contributed by atoms with E-state index in [0.29, 0.717) is 29.7 Å². The molecule has 0 spiro atoms. The number of hydrogen-bond acceptors (Lipinski definition) is 4. The third-order valence-electron chi connectivity index (χ3n) is 4.99. The van der Waals surface area contributed by atoms with Crippen molar-refractivity contribution in [2.45, 2.75) is 45.3 Å². The molecule has 1 amide bonds. The largest absolute Gasteiger partial charge is 0.383 e. The van der Waals surface area contributed by atoms with Crippen molar-refractivity contribution in [2.75, 3.05) is 26.2 Å². The third-order valence-corrected chi connectivity index (χ3v) is 5.73. The first kappa shape index (κ1) is 24.2. The quantitative estimate of drug-likeness (QED) is 0.661. The summed E-state index contributed by atoms with van der Waals surface area (Å²) in [4.78, 5) is 28.8. The molecule has 8 heteroatoms. The molecular formula is C19H27Cl3N2O3. The molecule has 1 aliphatic heterocycles. The first-order chi connectivity index (χ1) is 12.4. The number of carbonyl (C=O) groups is 2. The molecular weight excluding hydrogens is 411 g/mol. The van der Waals surface area contributed by atoms with Crippen molar-refractivity contribution < 1.29 is 14.7 Å². The van der Waals surface area contributed by atoms with Crippen LogP contribution in [0.25, 0.3) is 0 Å². The molecule has 1 aromatic rings. The van der Waals surface area contributed by atoms with Crippen LogP contribution in [0.3, 0.4) is 0 Å². The van der Waals surface area contributed by atoms with Gasteiger partial charge in [-0.2, -0.15) is 0 Å². The van der Waals surface area contributed by atoms with Crippen molar-refractivity contribution in [1.82, 2.24) is 9.80 Å². The first-order valence-corrected chi connectivity index (χ1v) is 9.82. The minimum absolute atomic E-state index is 0. The Bertz CT molecular complexity index is 645. The number of rotatable bonds is 7. The third kappa shape index (κ3) is 6.33. The zero-order chi connectivity index (χ0) is 19.3. The summed E-state index contributed by atoms with van der Waals surface area (Å²) in [5.41, 5.74) is 0.338. The van der Waals surface area contributed by atoms with E-state index < -0.39 is 6.10 Å². The molecule has 1 saturated heterocycles. The number of halogens is 3. The molecule has 2 rings (SSSR count). The van der Waals surface area contributed by atoms with Gasteiger partial charge in [-0.05, 0) is 31.0 Å². The summed E-state index contributed by atoms with van der Waals surface area (Å²) < 4.78 is 0. The highest BCUT2D eigenvalue weighted by atomic mass is 35.5. The molecule has 5 nitrogen and oxygen atoms in total. The number of aliphatic hydroxyl groups excluding tert-OH is 1. The Balaban J connectivity index is 0.00000364. The highest BCUT2D eigenvalue weighted by molar-refractivity contribution is 6.42. The second-order valence-corrected chi connectivity index (χ2v) is 7.42. The van der Waals surface area contributed by atoms with E-state index in [9.17, 15) is 14.7 Å². The fourth-order valence-corrected chi connectivity index (χ4v) is 3.67. The lowest BCUT2D eigenvalue weighted by molar-refractivity contribution is -0.142. The lowest BCUT2D eigenvalue weighted by Crippen LogP contribution is -2.54. The number of ketones is 1. The van der Waals surface area contributed by atoms with E-state index in [1.807, 2.05) is 0 Å². The summed E-state index contributed by atoms with van der Waals surface area (Å²) >= 11 is 11.8. The number of benzene rings is 1. The van der Waals surface area contributed by atoms with E-state index in [1.54, 1.807) is 11.0 Å². The van der Waals surface area contributed by atoms with Crippen LogP contribution in [-0.4, -0.2) is 64.9 Å². The van der Waals surface area contributed by atoms with E-state index in [4.69, 9.17) is 23.2 Å². The van der Waals surface area contributed by atoms with Crippen LogP contribution < -0.4 is 0 Å². The summed E-state index contributed by atoms with van der Waals surface area (Å²) in [7, 11) is 0. The molecule has 1 atom stereocenters. The molecule has 1 aromatic carbocycles. The molecule has 0 aromatic heterocycles. The number of amides is 1. The van der Waals surface area contributed by atoms with E-state index in [0.717, 1.165) is 25.9 Å². The van der Waals surface area contributed by atoms with Gasteiger partial charge in [-0.15, -0.1) is 12.4 Å². The molecule has 1 unspecified atom stereocenters. The number of nitrogens with zero attached hydrogens (tertiary/aromatic N) is 2. The van der Waals surface area contributed by atoms with Crippen molar-refractivity contribution in [3.05, 3.63) is 33.8 Å². The maximum atomic E-state index is 12.5. The standard InChI is InChI=1S/C19H26Cl2N2O3.ClH/c1-3-14(4-2)22-7-9-23(10-8-22)19(26)18(25)12-17(24)13-5-6-15(20)16(21)11-13;/h5-6,11,14,18,25H,3-4,7-10,12H2,1-2H3;1H. The highest BCUT2D eigenvalue weighted by Gasteiger charge is 2.29. The Labute approximate surface area is 177 Å². The van der Waals surface area contributed by atoms with E-state index >= 15 is 0 Å². The molecule has 0 radical (unpaired) electrons. The Morgan fingerprint density at radius 2 is 1.67 bits per heavy atom. The van der Waals surface area contributed by atoms with Gasteiger partial charge in [-0.25, -0.2) is 0 Å². The second-order valence-electron chi connectivity index (χ2n) is 6.60. The maximum Gasteiger partial charge on any atom is 0.251 e. The van der Waals surface area contributed by atoms with Crippen LogP contribution in [0.15, 0.2) is 18.2 Å². The lowest BCUT2D eigenvalue weighted by Gasteiger charge is -2.39. The van der Waals surface area contributed by atoms with Gasteiger partial charge >= 0.3 is 0 Å². The van der Waals surface area contributed by atoms with Gasteiger partial charge in [0.05, 0.1) is 10.0 Å². The van der Waals surface area contributed by atoms with Gasteiger partial charge < -0.3 is 10.0 Å². The Morgan fingerprint density at radius 3 is 2.19 bits per heavy atom. The SMILES string of the molecule is CCC(CC)N1CCN(C(=O)C(O)CC(=O)c2ccc(Cl)c(Cl)c2)CC1.Cl. The van der Waals surface area contributed by atoms with Crippen molar-refractivity contribution in [2.24, 2.45) is 0 Å². The molecule has 0 bridgehead atoms. The zero-order valence-electron chi connectivity index (χ0n) is 15.7. The average molecular weight is 438 g/mol. The average Bonchev–Trinajstić information content (AvgIpc) is 2.64. The number of hydrogen-bond donors (Lipinski definition) is 1. The van der Waals surface area contributed by atoms with Gasteiger partial charge in [-0.3, -0.25) is 14.5 Å². The van der Waals surface area contributed by atoms with Crippen LogP contribution in [0, 0.1) is 0 Å². The van der Waals surface area contributed by atoms with Gasteiger partial charge in [0.2, 0.25) is 0 Å². The summed E-state index contributed by atoms with van der Waals surface area (Å²) in [6.07, 6.45) is 0.580. The molecule has 1 fully saturated rings. The van der Waals surface area contributed by atoms with Gasteiger partial charge in [0.25, 0.3) is 5.91 Å². The van der Waals surface area contributed by atoms with Crippen molar-refractivity contribution in [1.29, 1.82) is 0 Å². The van der Waals surface area contributed by atoms with Gasteiger partial charge in [0.1, 0.15) is 6.10 Å². The van der Waals surface area contributed by atoms with Crippen LogP contribution in [0.1, 0.15) is 43.5 Å². The van der Waals surface area contributed by atoms with Crippen LogP contribution in [-0.2, 0) is 4.79 Å². The number of aliphatic hydroxyl groups is 1. The van der Waals surface area contributed by atoms with E-state index in [1.165, 1.54) is 12.1 Å². The van der Waals surface area contributed by atoms with Crippen molar-refractivity contribution in [3.8, 4) is 0 Å². The first-order valence-electron chi connectivity index (χ1n) is 9.06. The fourth-order valence-electron chi connectivity index (χ4n) is 3.37. The minimum Gasteiger partial charge on any atom is -0.383 e. The summed E-state index contributed by atoms with van der Waals surface area (Å²) in [6, 6.07) is 5.07. The Hall–Kier alpha value is -0.850. The Kier molecular flexibility index (Phi) is 10.1. The molecule has 0 aliphatic carbocycles. The van der Waals surface area contributed by atoms with Crippen LogP contribution in [0.2, 0.25) is 10.0 Å². The van der Waals surface area contributed by atoms with E-state index in [-0.39, 0.29) is 35.5 Å². The number of Topliss-reactive ketones (excluding diaryl/α,β-unsaturated/α-hetero) is 1. The van der Waals surface area contributed by atoms with Gasteiger partial charge in [0.15, 0.2) is 5.78 Å². The number of piperazine rings is 1. The molecule has 1 N–H and O–H groups in total. The molecule has 152 valence electrons. The predicted octanol–water partition coefficient (Wildman–Crippen LogP) is 3.68. The smallest absolute Gasteiger partial charge is 0.251 e. The molecule has 27 heavy (non-hydrogen) atoms. The topological polar surface area (TPSA) is 60.9 Å². The minimum atomic E-state index is -1.34. The van der Waals surface area contributed by atoms with Crippen LogP contribution >= 0.6 is 35.6 Å². The fraction of sp³-hybridized carbons (Fsp3) is 0.579. The molecule has 0 saturated carbocycles. The van der Waals surface area contributed by atoms with Gasteiger partial charge in [0, 0.05) is 44.2 Å². The summed E-state index contributed by atoms with van der Waals surface area (Å²) in [6.45, 7) is 7.09.